The molecule has 1 N–H and O–H groups in total. The third-order valence-corrected chi connectivity index (χ3v) is 5.39. The maximum atomic E-state index is 12.7. The van der Waals surface area contributed by atoms with Crippen molar-refractivity contribution in [3.8, 4) is 0 Å². The summed E-state index contributed by atoms with van der Waals surface area (Å²) in [4.78, 5) is 27.0. The summed E-state index contributed by atoms with van der Waals surface area (Å²) < 4.78 is 0. The highest BCUT2D eigenvalue weighted by molar-refractivity contribution is 6.30. The van der Waals surface area contributed by atoms with E-state index >= 15 is 0 Å². The topological polar surface area (TPSA) is 49.4 Å². The van der Waals surface area contributed by atoms with Gasteiger partial charge in [0.2, 0.25) is 11.8 Å². The van der Waals surface area contributed by atoms with E-state index < -0.39 is 0 Å². The van der Waals surface area contributed by atoms with Crippen molar-refractivity contribution in [1.82, 2.24) is 10.2 Å². The maximum absolute atomic E-state index is 12.7. The summed E-state index contributed by atoms with van der Waals surface area (Å²) >= 11 is 5.88. The molecule has 1 heterocycles. The summed E-state index contributed by atoms with van der Waals surface area (Å²) in [5, 5.41) is 3.69. The number of hydrogen-bond acceptors (Lipinski definition) is 2. The summed E-state index contributed by atoms with van der Waals surface area (Å²) in [6.07, 6.45) is 2.73. The predicted molar refractivity (Wildman–Crippen MR) is 111 cm³/mol. The van der Waals surface area contributed by atoms with Crippen LogP contribution in [0, 0.1) is 17.3 Å². The Labute approximate surface area is 168 Å². The molecule has 2 amide bonds. The van der Waals surface area contributed by atoms with E-state index in [0.29, 0.717) is 36.2 Å². The molecule has 27 heavy (non-hydrogen) atoms. The van der Waals surface area contributed by atoms with Gasteiger partial charge >= 0.3 is 0 Å². The van der Waals surface area contributed by atoms with Gasteiger partial charge in [0, 0.05) is 37.5 Å². The summed E-state index contributed by atoms with van der Waals surface area (Å²) in [6, 6.07) is 7.65. The Morgan fingerprint density at radius 1 is 1.11 bits per heavy atom. The minimum atomic E-state index is -0.342. The average Bonchev–Trinajstić information content (AvgIpc) is 2.54. The van der Waals surface area contributed by atoms with Crippen LogP contribution < -0.4 is 5.32 Å². The zero-order valence-corrected chi connectivity index (χ0v) is 17.8. The van der Waals surface area contributed by atoms with Gasteiger partial charge in [0.1, 0.15) is 0 Å². The first kappa shape index (κ1) is 21.7. The zero-order chi connectivity index (χ0) is 20.0. The highest BCUT2D eigenvalue weighted by atomic mass is 35.5. The number of benzene rings is 1. The highest BCUT2D eigenvalue weighted by Gasteiger charge is 2.31. The second-order valence-electron chi connectivity index (χ2n) is 8.99. The molecule has 1 aromatic carbocycles. The van der Waals surface area contributed by atoms with Crippen molar-refractivity contribution in [3.05, 3.63) is 34.9 Å². The minimum Gasteiger partial charge on any atom is -0.356 e. The van der Waals surface area contributed by atoms with Crippen LogP contribution in [0.15, 0.2) is 24.3 Å². The third kappa shape index (κ3) is 7.53. The molecule has 0 aliphatic carbocycles. The Morgan fingerprint density at radius 3 is 2.30 bits per heavy atom. The number of halogens is 1. The van der Waals surface area contributed by atoms with Crippen LogP contribution in [0.2, 0.25) is 5.02 Å². The number of rotatable bonds is 7. The first-order valence-corrected chi connectivity index (χ1v) is 10.3. The number of amides is 2. The SMILES string of the molecule is C[C@@H]1C[C@H](C)CN(C(=O)CC(C)(C)CC(=O)NCCc2ccc(Cl)cc2)C1. The number of carbonyl (C=O) groups excluding carboxylic acids is 2. The van der Waals surface area contributed by atoms with Gasteiger partial charge in [0.15, 0.2) is 0 Å². The summed E-state index contributed by atoms with van der Waals surface area (Å²) in [7, 11) is 0. The normalized spacial score (nSPS) is 20.4. The lowest BCUT2D eigenvalue weighted by molar-refractivity contribution is -0.136. The van der Waals surface area contributed by atoms with Gasteiger partial charge in [-0.05, 0) is 47.8 Å². The Balaban J connectivity index is 1.76. The fraction of sp³-hybridized carbons (Fsp3) is 0.636. The Hall–Kier alpha value is -1.55. The van der Waals surface area contributed by atoms with Gasteiger partial charge in [0.25, 0.3) is 0 Å². The van der Waals surface area contributed by atoms with Crippen LogP contribution in [0.1, 0.15) is 52.5 Å². The minimum absolute atomic E-state index is 0.00199. The Kier molecular flexibility index (Phi) is 7.72. The Morgan fingerprint density at radius 2 is 1.70 bits per heavy atom. The standard InChI is InChI=1S/C22H33ClN2O2/c1-16-11-17(2)15-25(14-16)21(27)13-22(3,4)12-20(26)24-10-9-18-5-7-19(23)8-6-18/h5-8,16-17H,9-15H2,1-4H3,(H,24,26)/t16-,17+. The molecule has 0 saturated carbocycles. The molecule has 5 heteroatoms. The number of hydrogen-bond donors (Lipinski definition) is 1. The van der Waals surface area contributed by atoms with E-state index in [1.807, 2.05) is 43.0 Å². The van der Waals surface area contributed by atoms with Crippen molar-refractivity contribution in [2.75, 3.05) is 19.6 Å². The molecule has 0 bridgehead atoms. The van der Waals surface area contributed by atoms with Crippen LogP contribution in [-0.4, -0.2) is 36.3 Å². The van der Waals surface area contributed by atoms with Crippen LogP contribution in [-0.2, 0) is 16.0 Å². The molecule has 1 fully saturated rings. The van der Waals surface area contributed by atoms with E-state index in [1.165, 1.54) is 6.42 Å². The molecule has 1 aliphatic rings. The second kappa shape index (κ2) is 9.59. The molecule has 0 aromatic heterocycles. The number of likely N-dealkylation sites (tertiary alicyclic amines) is 1. The van der Waals surface area contributed by atoms with E-state index in [4.69, 9.17) is 11.6 Å². The highest BCUT2D eigenvalue weighted by Crippen LogP contribution is 2.28. The fourth-order valence-electron chi connectivity index (χ4n) is 3.94. The Bertz CT molecular complexity index is 632. The molecule has 2 atom stereocenters. The molecule has 1 aliphatic heterocycles. The van der Waals surface area contributed by atoms with Gasteiger partial charge in [-0.3, -0.25) is 9.59 Å². The van der Waals surface area contributed by atoms with Crippen LogP contribution in [0.4, 0.5) is 0 Å². The molecule has 0 spiro atoms. The van der Waals surface area contributed by atoms with Gasteiger partial charge in [-0.2, -0.15) is 0 Å². The maximum Gasteiger partial charge on any atom is 0.223 e. The van der Waals surface area contributed by atoms with Gasteiger partial charge in [-0.1, -0.05) is 51.4 Å². The molecule has 0 unspecified atom stereocenters. The summed E-state index contributed by atoms with van der Waals surface area (Å²) in [5.41, 5.74) is 0.799. The van der Waals surface area contributed by atoms with E-state index in [2.05, 4.69) is 19.2 Å². The van der Waals surface area contributed by atoms with E-state index in [1.54, 1.807) is 0 Å². The molecule has 150 valence electrons. The van der Waals surface area contributed by atoms with Gasteiger partial charge in [-0.15, -0.1) is 0 Å². The lowest BCUT2D eigenvalue weighted by Crippen LogP contribution is -2.44. The molecule has 1 aromatic rings. The van der Waals surface area contributed by atoms with Gasteiger partial charge < -0.3 is 10.2 Å². The summed E-state index contributed by atoms with van der Waals surface area (Å²) in [5.74, 6) is 1.28. The van der Waals surface area contributed by atoms with Crippen LogP contribution >= 0.6 is 11.6 Å². The van der Waals surface area contributed by atoms with E-state index in [-0.39, 0.29) is 17.2 Å². The molecule has 0 radical (unpaired) electrons. The van der Waals surface area contributed by atoms with Crippen LogP contribution in [0.25, 0.3) is 0 Å². The van der Waals surface area contributed by atoms with Crippen molar-refractivity contribution in [1.29, 1.82) is 0 Å². The van der Waals surface area contributed by atoms with Crippen molar-refractivity contribution >= 4 is 23.4 Å². The van der Waals surface area contributed by atoms with Crippen molar-refractivity contribution in [3.63, 3.8) is 0 Å². The quantitative estimate of drug-likeness (QED) is 0.751. The molecule has 1 saturated heterocycles. The first-order valence-electron chi connectivity index (χ1n) is 9.93. The number of nitrogens with zero attached hydrogens (tertiary/aromatic N) is 1. The summed E-state index contributed by atoms with van der Waals surface area (Å²) in [6.45, 7) is 10.7. The first-order chi connectivity index (χ1) is 12.6. The van der Waals surface area contributed by atoms with Crippen molar-refractivity contribution < 1.29 is 9.59 Å². The van der Waals surface area contributed by atoms with E-state index in [0.717, 1.165) is 25.1 Å². The van der Waals surface area contributed by atoms with Crippen LogP contribution in [0.5, 0.6) is 0 Å². The average molecular weight is 393 g/mol. The number of piperidine rings is 1. The second-order valence-corrected chi connectivity index (χ2v) is 9.43. The smallest absolute Gasteiger partial charge is 0.223 e. The predicted octanol–water partition coefficient (Wildman–Crippen LogP) is 4.31. The van der Waals surface area contributed by atoms with Gasteiger partial charge in [-0.25, -0.2) is 0 Å². The van der Waals surface area contributed by atoms with Gasteiger partial charge in [0.05, 0.1) is 0 Å². The lowest BCUT2D eigenvalue weighted by atomic mass is 9.83. The fourth-order valence-corrected chi connectivity index (χ4v) is 4.07. The largest absolute Gasteiger partial charge is 0.356 e. The van der Waals surface area contributed by atoms with Crippen molar-refractivity contribution in [2.45, 2.75) is 53.4 Å². The van der Waals surface area contributed by atoms with Crippen molar-refractivity contribution in [2.24, 2.45) is 17.3 Å². The number of nitrogens with one attached hydrogen (secondary N) is 1. The van der Waals surface area contributed by atoms with Crippen LogP contribution in [0.3, 0.4) is 0 Å². The third-order valence-electron chi connectivity index (χ3n) is 5.14. The lowest BCUT2D eigenvalue weighted by Gasteiger charge is -2.37. The zero-order valence-electron chi connectivity index (χ0n) is 17.1. The molecular weight excluding hydrogens is 360 g/mol. The number of carbonyl (C=O) groups is 2. The monoisotopic (exact) mass is 392 g/mol. The molecule has 2 rings (SSSR count). The molecule has 4 nitrogen and oxygen atoms in total. The molecular formula is C22H33ClN2O2. The van der Waals surface area contributed by atoms with E-state index in [9.17, 15) is 9.59 Å².